The predicted octanol–water partition coefficient (Wildman–Crippen LogP) is 2.96. The van der Waals surface area contributed by atoms with Crippen LogP contribution in [-0.4, -0.2) is 28.8 Å². The molecule has 28 heavy (non-hydrogen) atoms. The zero-order valence-electron chi connectivity index (χ0n) is 15.3. The summed E-state index contributed by atoms with van der Waals surface area (Å²) in [4.78, 5) is 20.8. The number of fused-ring (bicyclic) bond motifs is 1. The molecule has 1 aliphatic rings. The fraction of sp³-hybridized carbons (Fsp3) is 0.190. The van der Waals surface area contributed by atoms with Crippen LogP contribution in [0.15, 0.2) is 61.1 Å². The van der Waals surface area contributed by atoms with Gasteiger partial charge in [0.05, 0.1) is 5.69 Å². The summed E-state index contributed by atoms with van der Waals surface area (Å²) in [6, 6.07) is 12.8. The number of hydrogen-bond donors (Lipinski definition) is 1. The predicted molar refractivity (Wildman–Crippen MR) is 102 cm³/mol. The Labute approximate surface area is 162 Å². The highest BCUT2D eigenvalue weighted by Gasteiger charge is 2.18. The maximum absolute atomic E-state index is 12.4. The van der Waals surface area contributed by atoms with E-state index in [1.54, 1.807) is 43.7 Å². The zero-order chi connectivity index (χ0) is 19.3. The number of amides is 1. The van der Waals surface area contributed by atoms with Gasteiger partial charge in [0.25, 0.3) is 5.91 Å². The molecule has 1 unspecified atom stereocenters. The molecule has 2 aromatic heterocycles. The standard InChI is InChI=1S/C21H19N3O4/c1-14(28-17-2-3-19-20(11-17)27-13-26-19)21(25)24-12-15-4-9-23-18(10-15)16-5-7-22-8-6-16/h2-11,14H,12-13H2,1H3,(H,24,25). The molecule has 0 radical (unpaired) electrons. The summed E-state index contributed by atoms with van der Waals surface area (Å²) in [6.45, 7) is 2.28. The van der Waals surface area contributed by atoms with Crippen LogP contribution in [0, 0.1) is 0 Å². The molecule has 1 N–H and O–H groups in total. The van der Waals surface area contributed by atoms with E-state index >= 15 is 0 Å². The molecular weight excluding hydrogens is 358 g/mol. The van der Waals surface area contributed by atoms with E-state index in [1.807, 2.05) is 24.3 Å². The van der Waals surface area contributed by atoms with Crippen LogP contribution in [0.25, 0.3) is 11.3 Å². The third kappa shape index (κ3) is 4.03. The average molecular weight is 377 g/mol. The summed E-state index contributed by atoms with van der Waals surface area (Å²) in [5.41, 5.74) is 2.76. The van der Waals surface area contributed by atoms with Crippen LogP contribution in [0.2, 0.25) is 0 Å². The molecule has 0 spiro atoms. The van der Waals surface area contributed by atoms with Crippen LogP contribution in [0.5, 0.6) is 17.2 Å². The molecule has 142 valence electrons. The fourth-order valence-electron chi connectivity index (χ4n) is 2.81. The number of rotatable bonds is 6. The van der Waals surface area contributed by atoms with Gasteiger partial charge in [-0.15, -0.1) is 0 Å². The van der Waals surface area contributed by atoms with Gasteiger partial charge in [0.15, 0.2) is 17.6 Å². The molecule has 1 atom stereocenters. The smallest absolute Gasteiger partial charge is 0.261 e. The molecule has 0 fully saturated rings. The van der Waals surface area contributed by atoms with E-state index in [0.29, 0.717) is 23.8 Å². The molecule has 0 aliphatic carbocycles. The van der Waals surface area contributed by atoms with Gasteiger partial charge in [0.1, 0.15) is 5.75 Å². The number of carbonyl (C=O) groups is 1. The lowest BCUT2D eigenvalue weighted by atomic mass is 10.1. The number of pyridine rings is 2. The Morgan fingerprint density at radius 3 is 2.79 bits per heavy atom. The SMILES string of the molecule is CC(Oc1ccc2c(c1)OCO2)C(=O)NCc1ccnc(-c2ccncc2)c1. The Kier molecular flexibility index (Phi) is 5.05. The fourth-order valence-corrected chi connectivity index (χ4v) is 2.81. The number of hydrogen-bond acceptors (Lipinski definition) is 6. The minimum atomic E-state index is -0.651. The highest BCUT2D eigenvalue weighted by atomic mass is 16.7. The van der Waals surface area contributed by atoms with Crippen LogP contribution in [-0.2, 0) is 11.3 Å². The molecule has 0 bridgehead atoms. The van der Waals surface area contributed by atoms with Crippen LogP contribution >= 0.6 is 0 Å². The van der Waals surface area contributed by atoms with Crippen molar-refractivity contribution in [1.82, 2.24) is 15.3 Å². The van der Waals surface area contributed by atoms with E-state index in [9.17, 15) is 4.79 Å². The molecule has 7 heteroatoms. The topological polar surface area (TPSA) is 82.6 Å². The number of aromatic nitrogens is 2. The summed E-state index contributed by atoms with van der Waals surface area (Å²) >= 11 is 0. The first kappa shape index (κ1) is 17.8. The van der Waals surface area contributed by atoms with Crippen molar-refractivity contribution < 1.29 is 19.0 Å². The Morgan fingerprint density at radius 2 is 1.93 bits per heavy atom. The van der Waals surface area contributed by atoms with E-state index in [1.165, 1.54) is 0 Å². The molecule has 3 heterocycles. The van der Waals surface area contributed by atoms with Crippen molar-refractivity contribution in [2.45, 2.75) is 19.6 Å². The molecule has 0 saturated carbocycles. The Balaban J connectivity index is 1.35. The highest BCUT2D eigenvalue weighted by molar-refractivity contribution is 5.80. The van der Waals surface area contributed by atoms with Gasteiger partial charge in [-0.05, 0) is 48.9 Å². The number of benzene rings is 1. The summed E-state index contributed by atoms with van der Waals surface area (Å²) in [6.07, 6.45) is 4.52. The summed E-state index contributed by atoms with van der Waals surface area (Å²) < 4.78 is 16.3. The monoisotopic (exact) mass is 377 g/mol. The maximum Gasteiger partial charge on any atom is 0.261 e. The van der Waals surface area contributed by atoms with E-state index in [-0.39, 0.29) is 12.7 Å². The summed E-state index contributed by atoms with van der Waals surface area (Å²) in [5.74, 6) is 1.63. The lowest BCUT2D eigenvalue weighted by Crippen LogP contribution is -2.35. The normalized spacial score (nSPS) is 13.0. The minimum Gasteiger partial charge on any atom is -0.481 e. The van der Waals surface area contributed by atoms with Gasteiger partial charge < -0.3 is 19.5 Å². The second kappa shape index (κ2) is 7.96. The largest absolute Gasteiger partial charge is 0.481 e. The van der Waals surface area contributed by atoms with Crippen LogP contribution < -0.4 is 19.5 Å². The van der Waals surface area contributed by atoms with Gasteiger partial charge in [-0.3, -0.25) is 14.8 Å². The first-order chi connectivity index (χ1) is 13.7. The Morgan fingerprint density at radius 1 is 1.11 bits per heavy atom. The molecule has 1 aromatic carbocycles. The van der Waals surface area contributed by atoms with E-state index < -0.39 is 6.10 Å². The lowest BCUT2D eigenvalue weighted by molar-refractivity contribution is -0.127. The molecular formula is C21H19N3O4. The van der Waals surface area contributed by atoms with Crippen LogP contribution in [0.3, 0.4) is 0 Å². The molecule has 0 saturated heterocycles. The maximum atomic E-state index is 12.4. The first-order valence-electron chi connectivity index (χ1n) is 8.88. The Hall–Kier alpha value is -3.61. The van der Waals surface area contributed by atoms with Crippen LogP contribution in [0.4, 0.5) is 0 Å². The van der Waals surface area contributed by atoms with Crippen molar-refractivity contribution in [2.75, 3.05) is 6.79 Å². The van der Waals surface area contributed by atoms with Gasteiger partial charge in [-0.25, -0.2) is 0 Å². The number of carbonyl (C=O) groups excluding carboxylic acids is 1. The third-order valence-electron chi connectivity index (χ3n) is 4.29. The van der Waals surface area contributed by atoms with Crippen LogP contribution in [0.1, 0.15) is 12.5 Å². The minimum absolute atomic E-state index is 0.197. The van der Waals surface area contributed by atoms with E-state index in [0.717, 1.165) is 16.8 Å². The van der Waals surface area contributed by atoms with E-state index in [4.69, 9.17) is 14.2 Å². The van der Waals surface area contributed by atoms with Crippen molar-refractivity contribution >= 4 is 5.91 Å². The van der Waals surface area contributed by atoms with Gasteiger partial charge in [-0.2, -0.15) is 0 Å². The van der Waals surface area contributed by atoms with Gasteiger partial charge in [0, 0.05) is 36.8 Å². The zero-order valence-corrected chi connectivity index (χ0v) is 15.3. The van der Waals surface area contributed by atoms with Crippen molar-refractivity contribution in [3.05, 3.63) is 66.6 Å². The Bertz CT molecular complexity index is 978. The highest BCUT2D eigenvalue weighted by Crippen LogP contribution is 2.35. The van der Waals surface area contributed by atoms with Crippen molar-refractivity contribution in [3.63, 3.8) is 0 Å². The molecule has 1 amide bonds. The van der Waals surface area contributed by atoms with Gasteiger partial charge in [0.2, 0.25) is 6.79 Å². The second-order valence-electron chi connectivity index (χ2n) is 6.28. The quantitative estimate of drug-likeness (QED) is 0.711. The van der Waals surface area contributed by atoms with Crippen molar-refractivity contribution in [1.29, 1.82) is 0 Å². The summed E-state index contributed by atoms with van der Waals surface area (Å²) in [5, 5.41) is 2.89. The van der Waals surface area contributed by atoms with Crippen molar-refractivity contribution in [3.8, 4) is 28.5 Å². The molecule has 3 aromatic rings. The molecule has 4 rings (SSSR count). The first-order valence-corrected chi connectivity index (χ1v) is 8.88. The van der Waals surface area contributed by atoms with Gasteiger partial charge in [-0.1, -0.05) is 0 Å². The molecule has 7 nitrogen and oxygen atoms in total. The lowest BCUT2D eigenvalue weighted by Gasteiger charge is -2.15. The molecule has 1 aliphatic heterocycles. The summed E-state index contributed by atoms with van der Waals surface area (Å²) in [7, 11) is 0. The number of nitrogens with zero attached hydrogens (tertiary/aromatic N) is 2. The van der Waals surface area contributed by atoms with Gasteiger partial charge >= 0.3 is 0 Å². The average Bonchev–Trinajstić information content (AvgIpc) is 3.20. The second-order valence-corrected chi connectivity index (χ2v) is 6.28. The third-order valence-corrected chi connectivity index (χ3v) is 4.29. The number of ether oxygens (including phenoxy) is 3. The number of nitrogens with one attached hydrogen (secondary N) is 1. The van der Waals surface area contributed by atoms with Crippen molar-refractivity contribution in [2.24, 2.45) is 0 Å². The van der Waals surface area contributed by atoms with E-state index in [2.05, 4.69) is 15.3 Å².